The van der Waals surface area contributed by atoms with E-state index in [4.69, 9.17) is 17.3 Å². The van der Waals surface area contributed by atoms with Crippen LogP contribution < -0.4 is 11.1 Å². The number of carbonyl (C=O) groups excluding carboxylic acids is 1. The molecule has 1 amide bonds. The molecule has 0 bridgehead atoms. The van der Waals surface area contributed by atoms with Gasteiger partial charge in [-0.2, -0.15) is 0 Å². The van der Waals surface area contributed by atoms with E-state index in [1.165, 1.54) is 0 Å². The SMILES string of the molecule is Cc1cc(C(=O)NC(C)(C)CN)c(C)n1-c1cccc(Cl)c1. The van der Waals surface area contributed by atoms with E-state index >= 15 is 0 Å². The van der Waals surface area contributed by atoms with Crippen LogP contribution in [0.15, 0.2) is 30.3 Å². The molecule has 0 saturated carbocycles. The number of hydrogen-bond acceptors (Lipinski definition) is 2. The lowest BCUT2D eigenvalue weighted by Crippen LogP contribution is -2.48. The molecule has 118 valence electrons. The first kappa shape index (κ1) is 16.6. The summed E-state index contributed by atoms with van der Waals surface area (Å²) in [5.74, 6) is -0.114. The summed E-state index contributed by atoms with van der Waals surface area (Å²) in [7, 11) is 0. The molecule has 5 heteroatoms. The quantitative estimate of drug-likeness (QED) is 0.909. The van der Waals surface area contributed by atoms with E-state index < -0.39 is 5.54 Å². The fraction of sp³-hybridized carbons (Fsp3) is 0.353. The van der Waals surface area contributed by atoms with Crippen molar-refractivity contribution >= 4 is 17.5 Å². The van der Waals surface area contributed by atoms with Crippen molar-refractivity contribution in [2.24, 2.45) is 5.73 Å². The number of amides is 1. The van der Waals surface area contributed by atoms with Crippen LogP contribution in [0.5, 0.6) is 0 Å². The highest BCUT2D eigenvalue weighted by Gasteiger charge is 2.23. The van der Waals surface area contributed by atoms with Crippen LogP contribution >= 0.6 is 11.6 Å². The van der Waals surface area contributed by atoms with E-state index in [2.05, 4.69) is 5.32 Å². The number of benzene rings is 1. The minimum atomic E-state index is -0.435. The number of hydrogen-bond donors (Lipinski definition) is 2. The maximum Gasteiger partial charge on any atom is 0.253 e. The molecule has 3 N–H and O–H groups in total. The van der Waals surface area contributed by atoms with Gasteiger partial charge in [0, 0.05) is 34.2 Å². The first-order chi connectivity index (χ1) is 10.2. The zero-order chi connectivity index (χ0) is 16.5. The molecule has 2 rings (SSSR count). The molecule has 0 saturated heterocycles. The summed E-state index contributed by atoms with van der Waals surface area (Å²) in [6.45, 7) is 8.09. The van der Waals surface area contributed by atoms with E-state index in [9.17, 15) is 4.79 Å². The van der Waals surface area contributed by atoms with Crippen molar-refractivity contribution in [3.63, 3.8) is 0 Å². The maximum absolute atomic E-state index is 12.5. The van der Waals surface area contributed by atoms with Gasteiger partial charge in [-0.1, -0.05) is 17.7 Å². The zero-order valence-electron chi connectivity index (χ0n) is 13.4. The van der Waals surface area contributed by atoms with E-state index in [1.54, 1.807) is 0 Å². The molecule has 1 aromatic carbocycles. The second-order valence-corrected chi connectivity index (χ2v) is 6.58. The van der Waals surface area contributed by atoms with Gasteiger partial charge in [-0.25, -0.2) is 0 Å². The summed E-state index contributed by atoms with van der Waals surface area (Å²) < 4.78 is 2.02. The summed E-state index contributed by atoms with van der Waals surface area (Å²) in [4.78, 5) is 12.5. The van der Waals surface area contributed by atoms with Gasteiger partial charge in [-0.05, 0) is 52.0 Å². The minimum absolute atomic E-state index is 0.114. The van der Waals surface area contributed by atoms with Gasteiger partial charge in [0.05, 0.1) is 5.56 Å². The highest BCUT2D eigenvalue weighted by molar-refractivity contribution is 6.30. The van der Waals surface area contributed by atoms with E-state index in [-0.39, 0.29) is 5.91 Å². The molecule has 0 aliphatic carbocycles. The van der Waals surface area contributed by atoms with Crippen molar-refractivity contribution < 1.29 is 4.79 Å². The Bertz CT molecular complexity index is 704. The Labute approximate surface area is 136 Å². The molecule has 4 nitrogen and oxygen atoms in total. The highest BCUT2D eigenvalue weighted by Crippen LogP contribution is 2.23. The first-order valence-corrected chi connectivity index (χ1v) is 7.60. The fourth-order valence-electron chi connectivity index (χ4n) is 2.43. The monoisotopic (exact) mass is 319 g/mol. The van der Waals surface area contributed by atoms with Gasteiger partial charge in [0.2, 0.25) is 0 Å². The van der Waals surface area contributed by atoms with Crippen molar-refractivity contribution in [3.05, 3.63) is 52.3 Å². The van der Waals surface area contributed by atoms with Crippen LogP contribution in [0.2, 0.25) is 5.02 Å². The third-order valence-corrected chi connectivity index (χ3v) is 3.94. The second kappa shape index (κ2) is 6.15. The van der Waals surface area contributed by atoms with Crippen LogP contribution in [0.3, 0.4) is 0 Å². The Morgan fingerprint density at radius 1 is 1.32 bits per heavy atom. The van der Waals surface area contributed by atoms with Crippen molar-refractivity contribution in [2.75, 3.05) is 6.54 Å². The van der Waals surface area contributed by atoms with Crippen LogP contribution in [0.25, 0.3) is 5.69 Å². The molecule has 1 heterocycles. The average molecular weight is 320 g/mol. The summed E-state index contributed by atoms with van der Waals surface area (Å²) in [6.07, 6.45) is 0. The Kier molecular flexibility index (Phi) is 4.63. The maximum atomic E-state index is 12.5. The molecule has 0 atom stereocenters. The van der Waals surface area contributed by atoms with Gasteiger partial charge in [0.15, 0.2) is 0 Å². The second-order valence-electron chi connectivity index (χ2n) is 6.14. The van der Waals surface area contributed by atoms with Gasteiger partial charge >= 0.3 is 0 Å². The summed E-state index contributed by atoms with van der Waals surface area (Å²) in [5.41, 5.74) is 8.70. The molecule has 0 aliphatic rings. The number of halogens is 1. The van der Waals surface area contributed by atoms with E-state index in [0.717, 1.165) is 17.1 Å². The number of aryl methyl sites for hydroxylation is 1. The molecule has 22 heavy (non-hydrogen) atoms. The lowest BCUT2D eigenvalue weighted by molar-refractivity contribution is 0.0915. The van der Waals surface area contributed by atoms with Gasteiger partial charge in [-0.3, -0.25) is 4.79 Å². The fourth-order valence-corrected chi connectivity index (χ4v) is 2.62. The van der Waals surface area contributed by atoms with E-state index in [1.807, 2.05) is 62.6 Å². The van der Waals surface area contributed by atoms with Crippen LogP contribution in [0.4, 0.5) is 0 Å². The number of rotatable bonds is 4. The van der Waals surface area contributed by atoms with Crippen molar-refractivity contribution in [1.29, 1.82) is 0 Å². The molecule has 0 fully saturated rings. The normalized spacial score (nSPS) is 11.5. The molecule has 0 radical (unpaired) electrons. The topological polar surface area (TPSA) is 60.1 Å². The molecular weight excluding hydrogens is 298 g/mol. The van der Waals surface area contributed by atoms with Crippen LogP contribution in [0, 0.1) is 13.8 Å². The van der Waals surface area contributed by atoms with Crippen LogP contribution in [-0.4, -0.2) is 22.6 Å². The number of nitrogens with zero attached hydrogens (tertiary/aromatic N) is 1. The van der Waals surface area contributed by atoms with Gasteiger partial charge < -0.3 is 15.6 Å². The third-order valence-electron chi connectivity index (χ3n) is 3.70. The average Bonchev–Trinajstić information content (AvgIpc) is 2.73. The van der Waals surface area contributed by atoms with Crippen molar-refractivity contribution in [1.82, 2.24) is 9.88 Å². The minimum Gasteiger partial charge on any atom is -0.346 e. The largest absolute Gasteiger partial charge is 0.346 e. The first-order valence-electron chi connectivity index (χ1n) is 7.22. The summed E-state index contributed by atoms with van der Waals surface area (Å²) >= 11 is 6.07. The van der Waals surface area contributed by atoms with Crippen molar-refractivity contribution in [3.8, 4) is 5.69 Å². The predicted octanol–water partition coefficient (Wildman–Crippen LogP) is 3.21. The Hall–Kier alpha value is -1.78. The zero-order valence-corrected chi connectivity index (χ0v) is 14.2. The Balaban J connectivity index is 2.41. The summed E-state index contributed by atoms with van der Waals surface area (Å²) in [5, 5.41) is 3.63. The lowest BCUT2D eigenvalue weighted by atomic mass is 10.1. The van der Waals surface area contributed by atoms with Crippen molar-refractivity contribution in [2.45, 2.75) is 33.2 Å². The third kappa shape index (κ3) is 3.34. The van der Waals surface area contributed by atoms with E-state index in [0.29, 0.717) is 17.1 Å². The van der Waals surface area contributed by atoms with Gasteiger partial charge in [0.1, 0.15) is 0 Å². The molecule has 0 aliphatic heterocycles. The number of carbonyl (C=O) groups is 1. The lowest BCUT2D eigenvalue weighted by Gasteiger charge is -2.24. The number of aromatic nitrogens is 1. The smallest absolute Gasteiger partial charge is 0.253 e. The molecule has 2 aromatic rings. The predicted molar refractivity (Wildman–Crippen MR) is 90.9 cm³/mol. The summed E-state index contributed by atoms with van der Waals surface area (Å²) in [6, 6.07) is 9.47. The molecule has 1 aromatic heterocycles. The molecule has 0 unspecified atom stereocenters. The van der Waals surface area contributed by atoms with Gasteiger partial charge in [0.25, 0.3) is 5.91 Å². The standard InChI is InChI=1S/C17H22ClN3O/c1-11-8-15(16(22)20-17(3,4)10-19)12(2)21(11)14-7-5-6-13(18)9-14/h5-9H,10,19H2,1-4H3,(H,20,22). The molecule has 0 spiro atoms. The highest BCUT2D eigenvalue weighted by atomic mass is 35.5. The molecular formula is C17H22ClN3O. The van der Waals surface area contributed by atoms with Gasteiger partial charge in [-0.15, -0.1) is 0 Å². The van der Waals surface area contributed by atoms with Crippen LogP contribution in [0.1, 0.15) is 35.6 Å². The van der Waals surface area contributed by atoms with Crippen LogP contribution in [-0.2, 0) is 0 Å². The Morgan fingerprint density at radius 3 is 2.59 bits per heavy atom. The Morgan fingerprint density at radius 2 is 2.00 bits per heavy atom. The number of nitrogens with one attached hydrogen (secondary N) is 1. The number of nitrogens with two attached hydrogens (primary N) is 1.